The Morgan fingerprint density at radius 1 is 0.667 bits per heavy atom. The van der Waals surface area contributed by atoms with Crippen molar-refractivity contribution in [3.63, 3.8) is 0 Å². The van der Waals surface area contributed by atoms with Crippen molar-refractivity contribution in [1.29, 1.82) is 0 Å². The molecule has 8 heteroatoms. The van der Waals surface area contributed by atoms with Crippen LogP contribution >= 0.6 is 0 Å². The Labute approximate surface area is 280 Å². The zero-order chi connectivity index (χ0) is 31.2. The van der Waals surface area contributed by atoms with Crippen LogP contribution in [0.15, 0.2) is 145 Å². The zero-order valence-electron chi connectivity index (χ0n) is 26.1. The summed E-state index contributed by atoms with van der Waals surface area (Å²) in [5.41, 5.74) is 13.5. The number of unbranched alkanes of at least 4 members (excludes halogenated alkanes) is 1. The van der Waals surface area contributed by atoms with Crippen LogP contribution in [0.5, 0.6) is 0 Å². The van der Waals surface area contributed by atoms with Crippen LogP contribution in [0.1, 0.15) is 44.9 Å². The Morgan fingerprint density at radius 2 is 1.16 bits per heavy atom. The van der Waals surface area contributed by atoms with Gasteiger partial charge in [-0.05, 0) is 119 Å². The molecule has 0 atom stereocenters. The van der Waals surface area contributed by atoms with Gasteiger partial charge in [0.05, 0.1) is 34.2 Å². The third-order valence-electron chi connectivity index (χ3n) is 5.98. The molecule has 0 bridgehead atoms. The molecule has 0 fully saturated rings. The van der Waals surface area contributed by atoms with Crippen molar-refractivity contribution >= 4 is 5.71 Å². The summed E-state index contributed by atoms with van der Waals surface area (Å²) in [6.45, 7) is 6.84. The van der Waals surface area contributed by atoms with E-state index in [1.54, 1.807) is 31.0 Å². The summed E-state index contributed by atoms with van der Waals surface area (Å²) in [6, 6.07) is 27.4. The fourth-order valence-corrected chi connectivity index (χ4v) is 3.91. The SMILES string of the molecule is C/C=C/N=C(C=C(C)C)c1cc(CCCCN)ccn1.[Ru+3].c1ccc(-c2ccccn2)nc1.c1ccc(-c2ccccn2)nc1. The van der Waals surface area contributed by atoms with Crippen molar-refractivity contribution in [1.82, 2.24) is 24.9 Å². The molecule has 1 radical (unpaired) electrons. The molecule has 7 nitrogen and oxygen atoms in total. The molecule has 0 aliphatic rings. The van der Waals surface area contributed by atoms with Crippen molar-refractivity contribution in [3.05, 3.63) is 151 Å². The minimum atomic E-state index is 0. The van der Waals surface area contributed by atoms with Crippen LogP contribution in [0.3, 0.4) is 0 Å². The van der Waals surface area contributed by atoms with Gasteiger partial charge in [-0.25, -0.2) is 0 Å². The second-order valence-electron chi connectivity index (χ2n) is 9.87. The van der Waals surface area contributed by atoms with Gasteiger partial charge < -0.3 is 5.73 Å². The number of hydrogen-bond acceptors (Lipinski definition) is 7. The van der Waals surface area contributed by atoms with Gasteiger partial charge in [-0.1, -0.05) is 35.9 Å². The molecule has 0 saturated carbocycles. The quantitative estimate of drug-likeness (QED) is 0.0961. The summed E-state index contributed by atoms with van der Waals surface area (Å²) in [4.78, 5) is 25.7. The standard InChI is InChI=1S/C17H25N3.2C10H8N2.Ru/c1-4-10-19-16(12-14(2)3)17-13-15(8-11-20-17)7-5-6-9-18;2*1-3-7-11-9(5-1)10-6-2-4-8-12-10;/h4,8,10-13H,5-7,9,18H2,1-3H3;2*1-8H;/q;;;+3/b10-4+,19-16?;;;. The van der Waals surface area contributed by atoms with E-state index in [1.165, 1.54) is 11.1 Å². The number of nitrogens with zero attached hydrogens (tertiary/aromatic N) is 6. The summed E-state index contributed by atoms with van der Waals surface area (Å²) in [5, 5.41) is 0. The number of rotatable bonds is 9. The van der Waals surface area contributed by atoms with E-state index in [0.717, 1.165) is 60.0 Å². The maximum absolute atomic E-state index is 5.53. The zero-order valence-corrected chi connectivity index (χ0v) is 27.9. The largest absolute Gasteiger partial charge is 3.00 e. The molecule has 5 rings (SSSR count). The number of aliphatic imine (C=N–C) groups is 1. The maximum atomic E-state index is 5.53. The predicted molar refractivity (Wildman–Crippen MR) is 182 cm³/mol. The van der Waals surface area contributed by atoms with Crippen LogP contribution in [0.25, 0.3) is 22.8 Å². The molecule has 0 amide bonds. The Bertz CT molecular complexity index is 1420. The summed E-state index contributed by atoms with van der Waals surface area (Å²) in [5.74, 6) is 0. The van der Waals surface area contributed by atoms with Gasteiger partial charge in [-0.15, -0.1) is 0 Å². The molecule has 229 valence electrons. The molecule has 5 heterocycles. The molecular weight excluding hydrogens is 644 g/mol. The van der Waals surface area contributed by atoms with Crippen molar-refractivity contribution in [2.45, 2.75) is 40.0 Å². The minimum Gasteiger partial charge on any atom is -0.330 e. The summed E-state index contributed by atoms with van der Waals surface area (Å²) >= 11 is 0. The number of pyridine rings is 5. The van der Waals surface area contributed by atoms with Crippen LogP contribution in [0.4, 0.5) is 0 Å². The average molecular weight is 685 g/mol. The molecule has 0 saturated heterocycles. The number of allylic oxidation sites excluding steroid dienone is 3. The maximum Gasteiger partial charge on any atom is 3.00 e. The Kier molecular flexibility index (Phi) is 18.0. The first-order valence-electron chi connectivity index (χ1n) is 14.7. The topological polar surface area (TPSA) is 103 Å². The number of nitrogens with two attached hydrogens (primary N) is 1. The molecule has 0 aliphatic heterocycles. The van der Waals surface area contributed by atoms with E-state index >= 15 is 0 Å². The second-order valence-corrected chi connectivity index (χ2v) is 9.87. The molecule has 5 aromatic heterocycles. The van der Waals surface area contributed by atoms with E-state index < -0.39 is 0 Å². The number of aromatic nitrogens is 5. The minimum absolute atomic E-state index is 0. The molecule has 2 N–H and O–H groups in total. The van der Waals surface area contributed by atoms with Crippen LogP contribution in [-0.4, -0.2) is 37.2 Å². The first-order chi connectivity index (χ1) is 21.6. The van der Waals surface area contributed by atoms with Gasteiger partial charge in [0.15, 0.2) is 0 Å². The second kappa shape index (κ2) is 22.1. The van der Waals surface area contributed by atoms with Crippen LogP contribution in [0, 0.1) is 0 Å². The van der Waals surface area contributed by atoms with E-state index in [2.05, 4.69) is 62.0 Å². The van der Waals surface area contributed by atoms with Crippen molar-refractivity contribution < 1.29 is 19.5 Å². The Balaban J connectivity index is 0.000000243. The van der Waals surface area contributed by atoms with E-state index in [4.69, 9.17) is 5.73 Å². The Morgan fingerprint density at radius 3 is 1.53 bits per heavy atom. The Hall–Kier alpha value is -4.52. The predicted octanol–water partition coefficient (Wildman–Crippen LogP) is 7.94. The molecule has 0 aliphatic carbocycles. The molecule has 0 aromatic carbocycles. The molecule has 0 unspecified atom stereocenters. The van der Waals surface area contributed by atoms with Crippen LogP contribution in [0.2, 0.25) is 0 Å². The molecule has 0 spiro atoms. The first kappa shape index (κ1) is 36.7. The summed E-state index contributed by atoms with van der Waals surface area (Å²) in [6.07, 6.45) is 17.9. The van der Waals surface area contributed by atoms with Crippen molar-refractivity contribution in [2.24, 2.45) is 10.7 Å². The first-order valence-corrected chi connectivity index (χ1v) is 14.7. The molecular formula is C37H41N7Ru+3. The smallest absolute Gasteiger partial charge is 0.330 e. The van der Waals surface area contributed by atoms with E-state index in [1.807, 2.05) is 92.0 Å². The van der Waals surface area contributed by atoms with Gasteiger partial charge in [0, 0.05) is 37.2 Å². The third kappa shape index (κ3) is 14.2. The van der Waals surface area contributed by atoms with Gasteiger partial charge in [-0.2, -0.15) is 0 Å². The van der Waals surface area contributed by atoms with E-state index in [-0.39, 0.29) is 19.5 Å². The molecule has 5 aromatic rings. The number of hydrogen-bond donors (Lipinski definition) is 1. The van der Waals surface area contributed by atoms with Gasteiger partial charge in [0.1, 0.15) is 0 Å². The van der Waals surface area contributed by atoms with Gasteiger partial charge >= 0.3 is 19.5 Å². The van der Waals surface area contributed by atoms with E-state index in [0.29, 0.717) is 0 Å². The monoisotopic (exact) mass is 685 g/mol. The number of aryl methyl sites for hydroxylation is 1. The summed E-state index contributed by atoms with van der Waals surface area (Å²) < 4.78 is 0. The normalized spacial score (nSPS) is 10.4. The van der Waals surface area contributed by atoms with E-state index in [9.17, 15) is 0 Å². The van der Waals surface area contributed by atoms with Crippen molar-refractivity contribution in [3.8, 4) is 22.8 Å². The average Bonchev–Trinajstić information content (AvgIpc) is 3.09. The third-order valence-corrected chi connectivity index (χ3v) is 5.98. The fraction of sp³-hybridized carbons (Fsp3) is 0.189. The molecule has 45 heavy (non-hydrogen) atoms. The van der Waals surface area contributed by atoms with Crippen molar-refractivity contribution in [2.75, 3.05) is 6.54 Å². The van der Waals surface area contributed by atoms with Crippen LogP contribution in [-0.2, 0) is 25.9 Å². The van der Waals surface area contributed by atoms with Crippen LogP contribution < -0.4 is 5.73 Å². The summed E-state index contributed by atoms with van der Waals surface area (Å²) in [7, 11) is 0. The van der Waals surface area contributed by atoms with Gasteiger partial charge in [0.25, 0.3) is 0 Å². The fourth-order valence-electron chi connectivity index (χ4n) is 3.91. The van der Waals surface area contributed by atoms with Gasteiger partial charge in [-0.3, -0.25) is 29.9 Å². The van der Waals surface area contributed by atoms with Gasteiger partial charge in [0.2, 0.25) is 0 Å².